The van der Waals surface area contributed by atoms with Gasteiger partial charge in [0.25, 0.3) is 6.43 Å². The molecule has 2 saturated carbocycles. The van der Waals surface area contributed by atoms with E-state index in [1.807, 2.05) is 17.9 Å². The number of anilines is 2. The molecule has 274 valence electrons. The minimum atomic E-state index is -2.63. The van der Waals surface area contributed by atoms with Crippen LogP contribution in [0.25, 0.3) is 11.1 Å². The van der Waals surface area contributed by atoms with Gasteiger partial charge in [0, 0.05) is 99.3 Å². The average Bonchev–Trinajstić information content (AvgIpc) is 3.72. The Morgan fingerprint density at radius 1 is 0.981 bits per heavy atom. The van der Waals surface area contributed by atoms with Gasteiger partial charge in [-0.25, -0.2) is 18.7 Å². The van der Waals surface area contributed by atoms with Crippen LogP contribution >= 0.6 is 0 Å². The van der Waals surface area contributed by atoms with Crippen molar-refractivity contribution in [3.8, 4) is 17.1 Å². The SMILES string of the molecule is CC(=O)N1CCc2c(c(N3CCCc4cc(-c5cnn(C)c5)c(C(F)F)cc43)nn2C2CCN(C3CC4(CC(Oc5ncc(C)cn5)C4)C3)CC2)C1. The number of aryl methyl sites for hydroxylation is 3. The number of rotatable bonds is 7. The fourth-order valence-electron chi connectivity index (χ4n) is 9.68. The number of aromatic nitrogens is 6. The summed E-state index contributed by atoms with van der Waals surface area (Å²) in [5.41, 5.74) is 6.76. The number of benzene rings is 1. The van der Waals surface area contributed by atoms with Crippen molar-refractivity contribution in [1.29, 1.82) is 0 Å². The molecule has 11 nitrogen and oxygen atoms in total. The first-order valence-electron chi connectivity index (χ1n) is 18.9. The number of piperidine rings is 1. The van der Waals surface area contributed by atoms with E-state index in [4.69, 9.17) is 9.84 Å². The lowest BCUT2D eigenvalue weighted by Crippen LogP contribution is -2.59. The van der Waals surface area contributed by atoms with E-state index in [0.717, 1.165) is 86.2 Å². The smallest absolute Gasteiger partial charge is 0.316 e. The molecule has 1 spiro atoms. The number of hydrogen-bond acceptors (Lipinski definition) is 8. The number of hydrogen-bond donors (Lipinski definition) is 0. The Balaban J connectivity index is 0.921. The van der Waals surface area contributed by atoms with E-state index in [1.54, 1.807) is 49.5 Å². The highest BCUT2D eigenvalue weighted by Crippen LogP contribution is 2.58. The highest BCUT2D eigenvalue weighted by Gasteiger charge is 2.55. The molecule has 6 heterocycles. The highest BCUT2D eigenvalue weighted by molar-refractivity contribution is 5.78. The second kappa shape index (κ2) is 12.9. The van der Waals surface area contributed by atoms with Gasteiger partial charge in [-0.3, -0.25) is 14.2 Å². The van der Waals surface area contributed by atoms with Crippen molar-refractivity contribution in [2.75, 3.05) is 31.1 Å². The second-order valence-electron chi connectivity index (χ2n) is 15.9. The van der Waals surface area contributed by atoms with Crippen LogP contribution in [0.2, 0.25) is 0 Å². The van der Waals surface area contributed by atoms with E-state index < -0.39 is 6.43 Å². The number of nitrogens with zero attached hydrogens (tertiary/aromatic N) is 9. The summed E-state index contributed by atoms with van der Waals surface area (Å²) in [5.74, 6) is 0.862. The number of fused-ring (bicyclic) bond motifs is 2. The molecule has 5 aliphatic rings. The highest BCUT2D eigenvalue weighted by atomic mass is 19.3. The quantitative estimate of drug-likeness (QED) is 0.219. The Hall–Kier alpha value is -4.39. The molecule has 0 bridgehead atoms. The lowest BCUT2D eigenvalue weighted by molar-refractivity contribution is -0.129. The molecule has 3 aliphatic heterocycles. The second-order valence-corrected chi connectivity index (χ2v) is 15.9. The molecule has 0 unspecified atom stereocenters. The summed E-state index contributed by atoms with van der Waals surface area (Å²) in [6.45, 7) is 7.52. The minimum Gasteiger partial charge on any atom is -0.460 e. The third-order valence-corrected chi connectivity index (χ3v) is 12.4. The Morgan fingerprint density at radius 3 is 2.44 bits per heavy atom. The van der Waals surface area contributed by atoms with Crippen molar-refractivity contribution in [2.24, 2.45) is 12.5 Å². The molecule has 9 rings (SSSR count). The first-order valence-corrected chi connectivity index (χ1v) is 18.9. The van der Waals surface area contributed by atoms with Crippen molar-refractivity contribution in [1.82, 2.24) is 39.3 Å². The molecule has 0 N–H and O–H groups in total. The van der Waals surface area contributed by atoms with Crippen molar-refractivity contribution < 1.29 is 18.3 Å². The van der Waals surface area contributed by atoms with Crippen LogP contribution in [0.1, 0.15) is 92.3 Å². The van der Waals surface area contributed by atoms with Crippen LogP contribution in [0.3, 0.4) is 0 Å². The average molecular weight is 712 g/mol. The van der Waals surface area contributed by atoms with Gasteiger partial charge < -0.3 is 19.4 Å². The lowest BCUT2D eigenvalue weighted by Gasteiger charge is -2.60. The van der Waals surface area contributed by atoms with E-state index >= 15 is 0 Å². The standard InChI is InChI=1S/C39H47F2N9O2/c1-24-19-42-38(43-20-24)52-30-17-39(18-30)15-29(16-39)47-10-6-28(7-11-47)50-34-8-12-48(25(2)51)23-33(34)37(45-50)49-9-4-5-26-13-31(27-21-44-46(3)22-27)32(36(40)41)14-35(26)49/h13-14,19-22,28-30,36H,4-12,15-18,23H2,1-3H3. The molecule has 1 saturated heterocycles. The van der Waals surface area contributed by atoms with E-state index in [9.17, 15) is 13.6 Å². The van der Waals surface area contributed by atoms with Crippen molar-refractivity contribution in [3.63, 3.8) is 0 Å². The molecule has 4 aromatic rings. The first-order chi connectivity index (χ1) is 25.1. The summed E-state index contributed by atoms with van der Waals surface area (Å²) in [4.78, 5) is 27.9. The zero-order valence-corrected chi connectivity index (χ0v) is 30.3. The summed E-state index contributed by atoms with van der Waals surface area (Å²) in [6, 6.07) is 4.98. The molecule has 3 aromatic heterocycles. The number of ether oxygens (including phenoxy) is 1. The van der Waals surface area contributed by atoms with Gasteiger partial charge in [0.15, 0.2) is 5.82 Å². The maximum Gasteiger partial charge on any atom is 0.316 e. The summed E-state index contributed by atoms with van der Waals surface area (Å²) in [6.07, 6.45) is 13.7. The third kappa shape index (κ3) is 5.94. The van der Waals surface area contributed by atoms with Crippen LogP contribution in [0, 0.1) is 12.3 Å². The van der Waals surface area contributed by atoms with Gasteiger partial charge in [0.05, 0.1) is 18.8 Å². The van der Waals surface area contributed by atoms with Gasteiger partial charge in [-0.05, 0) is 92.5 Å². The van der Waals surface area contributed by atoms with Gasteiger partial charge in [-0.1, -0.05) is 0 Å². The fraction of sp³-hybridized carbons (Fsp3) is 0.564. The Bertz CT molecular complexity index is 1970. The molecule has 2 aliphatic carbocycles. The molecular formula is C39H47F2N9O2. The molecule has 0 radical (unpaired) electrons. The maximum absolute atomic E-state index is 14.6. The normalized spacial score (nSPS) is 24.8. The Morgan fingerprint density at radius 2 is 1.75 bits per heavy atom. The fourth-order valence-corrected chi connectivity index (χ4v) is 9.68. The predicted octanol–water partition coefficient (Wildman–Crippen LogP) is 6.34. The molecule has 1 aromatic carbocycles. The van der Waals surface area contributed by atoms with Gasteiger partial charge in [0.2, 0.25) is 5.91 Å². The number of carbonyl (C=O) groups is 1. The number of halogens is 2. The summed E-state index contributed by atoms with van der Waals surface area (Å²) in [7, 11) is 1.80. The van der Waals surface area contributed by atoms with Crippen molar-refractivity contribution in [2.45, 2.75) is 103 Å². The molecule has 52 heavy (non-hydrogen) atoms. The number of alkyl halides is 2. The van der Waals surface area contributed by atoms with Gasteiger partial charge in [-0.15, -0.1) is 0 Å². The molecular weight excluding hydrogens is 664 g/mol. The largest absolute Gasteiger partial charge is 0.460 e. The molecule has 0 atom stereocenters. The zero-order chi connectivity index (χ0) is 35.7. The van der Waals surface area contributed by atoms with Crippen molar-refractivity contribution in [3.05, 3.63) is 64.9 Å². The van der Waals surface area contributed by atoms with Gasteiger partial charge in [0.1, 0.15) is 6.10 Å². The van der Waals surface area contributed by atoms with Gasteiger partial charge >= 0.3 is 6.01 Å². The van der Waals surface area contributed by atoms with E-state index in [1.165, 1.54) is 18.5 Å². The van der Waals surface area contributed by atoms with Crippen LogP contribution < -0.4 is 9.64 Å². The van der Waals surface area contributed by atoms with Crippen LogP contribution in [-0.2, 0) is 31.2 Å². The Labute approximate surface area is 303 Å². The molecule has 3 fully saturated rings. The number of amides is 1. The molecule has 1 amide bonds. The zero-order valence-electron chi connectivity index (χ0n) is 30.3. The number of carbonyl (C=O) groups excluding carboxylic acids is 1. The topological polar surface area (TPSA) is 97.4 Å². The predicted molar refractivity (Wildman–Crippen MR) is 192 cm³/mol. The van der Waals surface area contributed by atoms with Crippen LogP contribution in [0.5, 0.6) is 6.01 Å². The number of likely N-dealkylation sites (tertiary alicyclic amines) is 1. The summed E-state index contributed by atoms with van der Waals surface area (Å²) >= 11 is 0. The monoisotopic (exact) mass is 711 g/mol. The van der Waals surface area contributed by atoms with Crippen LogP contribution in [-0.4, -0.2) is 83.6 Å². The van der Waals surface area contributed by atoms with Crippen LogP contribution in [0.15, 0.2) is 36.9 Å². The maximum atomic E-state index is 14.6. The van der Waals surface area contributed by atoms with Crippen molar-refractivity contribution >= 4 is 17.4 Å². The van der Waals surface area contributed by atoms with E-state index in [2.05, 4.69) is 29.5 Å². The van der Waals surface area contributed by atoms with Gasteiger partial charge in [-0.2, -0.15) is 10.2 Å². The van der Waals surface area contributed by atoms with Crippen LogP contribution in [0.4, 0.5) is 20.3 Å². The first kappa shape index (κ1) is 33.4. The summed E-state index contributed by atoms with van der Waals surface area (Å²) < 4.78 is 39.2. The molecule has 13 heteroatoms. The Kier molecular flexibility index (Phi) is 8.31. The minimum absolute atomic E-state index is 0.00712. The van der Waals surface area contributed by atoms with E-state index in [0.29, 0.717) is 48.2 Å². The lowest BCUT2D eigenvalue weighted by atomic mass is 9.52. The third-order valence-electron chi connectivity index (χ3n) is 12.4. The van der Waals surface area contributed by atoms with E-state index in [-0.39, 0.29) is 23.6 Å². The summed E-state index contributed by atoms with van der Waals surface area (Å²) in [5, 5.41) is 9.59.